The van der Waals surface area contributed by atoms with Crippen LogP contribution in [0.5, 0.6) is 5.75 Å². The number of hydrogen-bond donors (Lipinski definition) is 0. The van der Waals surface area contributed by atoms with Gasteiger partial charge in [-0.2, -0.15) is 8.78 Å². The molecule has 1 nitrogen and oxygen atoms in total. The van der Waals surface area contributed by atoms with Crippen molar-refractivity contribution < 1.29 is 22.3 Å². The Hall–Kier alpha value is -1.52. The smallest absolute Gasteiger partial charge is 0.387 e. The molecular formula is C21H28F4O. The lowest BCUT2D eigenvalue weighted by Crippen LogP contribution is -2.15. The van der Waals surface area contributed by atoms with Crippen molar-refractivity contribution in [3.05, 3.63) is 42.0 Å². The van der Waals surface area contributed by atoms with Crippen molar-refractivity contribution in [1.29, 1.82) is 0 Å². The van der Waals surface area contributed by atoms with Crippen molar-refractivity contribution in [2.75, 3.05) is 0 Å². The van der Waals surface area contributed by atoms with Gasteiger partial charge in [-0.05, 0) is 55.2 Å². The molecule has 0 saturated heterocycles. The van der Waals surface area contributed by atoms with E-state index < -0.39 is 24.0 Å². The fourth-order valence-electron chi connectivity index (χ4n) is 3.86. The third kappa shape index (κ3) is 6.65. The minimum atomic E-state index is -3.24. The molecule has 0 N–H and O–H groups in total. The molecule has 1 aliphatic carbocycles. The summed E-state index contributed by atoms with van der Waals surface area (Å²) >= 11 is 0. The monoisotopic (exact) mass is 372 g/mol. The normalized spacial score (nSPS) is 20.3. The fraction of sp³-hybridized carbons (Fsp3) is 0.619. The quantitative estimate of drug-likeness (QED) is 0.243. The Kier molecular flexibility index (Phi) is 8.46. The molecule has 0 radical (unpaired) electrons. The molecule has 1 aromatic rings. The van der Waals surface area contributed by atoms with E-state index in [1.807, 2.05) is 6.08 Å². The van der Waals surface area contributed by atoms with E-state index in [9.17, 15) is 17.6 Å². The van der Waals surface area contributed by atoms with Crippen molar-refractivity contribution in [3.8, 4) is 5.75 Å². The average Bonchev–Trinajstić information content (AvgIpc) is 2.61. The number of allylic oxidation sites excluding steroid dienone is 1. The highest BCUT2D eigenvalue weighted by molar-refractivity contribution is 5.31. The number of unbranched alkanes of at least 4 members (excludes halogenated alkanes) is 2. The lowest BCUT2D eigenvalue weighted by atomic mass is 9.78. The van der Waals surface area contributed by atoms with Gasteiger partial charge in [-0.25, -0.2) is 8.78 Å². The topological polar surface area (TPSA) is 9.23 Å². The Morgan fingerprint density at radius 1 is 1.00 bits per heavy atom. The summed E-state index contributed by atoms with van der Waals surface area (Å²) in [5.74, 6) is -1.76. The van der Waals surface area contributed by atoms with Gasteiger partial charge in [0.05, 0.1) is 0 Å². The zero-order valence-electron chi connectivity index (χ0n) is 15.2. The number of rotatable bonds is 10. The van der Waals surface area contributed by atoms with E-state index in [4.69, 9.17) is 0 Å². The van der Waals surface area contributed by atoms with Gasteiger partial charge in [-0.15, -0.1) is 6.58 Å². The molecule has 0 aliphatic heterocycles. The molecule has 0 amide bonds. The molecule has 146 valence electrons. The van der Waals surface area contributed by atoms with Crippen molar-refractivity contribution in [3.63, 3.8) is 0 Å². The highest BCUT2D eigenvalue weighted by atomic mass is 19.3. The Morgan fingerprint density at radius 2 is 1.58 bits per heavy atom. The number of aryl methyl sites for hydroxylation is 1. The first-order valence-electron chi connectivity index (χ1n) is 9.53. The number of ether oxygens (including phenoxy) is 1. The van der Waals surface area contributed by atoms with Gasteiger partial charge in [-0.1, -0.05) is 44.6 Å². The molecule has 26 heavy (non-hydrogen) atoms. The summed E-state index contributed by atoms with van der Waals surface area (Å²) in [4.78, 5) is 0. The summed E-state index contributed by atoms with van der Waals surface area (Å²) in [7, 11) is 0. The number of alkyl halides is 2. The SMILES string of the molecule is C=CCCCC[C@H]1CC[C@H](CCc2cc(F)c(OC(F)F)c(F)c2)CC1. The Balaban J connectivity index is 1.75. The van der Waals surface area contributed by atoms with Gasteiger partial charge in [0.1, 0.15) is 0 Å². The van der Waals surface area contributed by atoms with Crippen molar-refractivity contribution in [2.45, 2.75) is 70.8 Å². The second kappa shape index (κ2) is 10.6. The van der Waals surface area contributed by atoms with Crippen LogP contribution in [0.1, 0.15) is 63.4 Å². The third-order valence-corrected chi connectivity index (χ3v) is 5.34. The summed E-state index contributed by atoms with van der Waals surface area (Å²) < 4.78 is 55.7. The van der Waals surface area contributed by atoms with Crippen molar-refractivity contribution in [1.82, 2.24) is 0 Å². The first kappa shape index (κ1) is 20.8. The lowest BCUT2D eigenvalue weighted by Gasteiger charge is -2.28. The van der Waals surface area contributed by atoms with Crippen LogP contribution in [0.2, 0.25) is 0 Å². The number of hydrogen-bond acceptors (Lipinski definition) is 1. The zero-order valence-corrected chi connectivity index (χ0v) is 15.2. The predicted molar refractivity (Wildman–Crippen MR) is 95.4 cm³/mol. The van der Waals surface area contributed by atoms with E-state index in [0.717, 1.165) is 43.7 Å². The minimum absolute atomic E-state index is 0.494. The average molecular weight is 372 g/mol. The van der Waals surface area contributed by atoms with Crippen LogP contribution in [0.3, 0.4) is 0 Å². The Labute approximate surface area is 153 Å². The van der Waals surface area contributed by atoms with Gasteiger partial charge in [0, 0.05) is 0 Å². The molecule has 1 aliphatic rings. The summed E-state index contributed by atoms with van der Waals surface area (Å²) in [5.41, 5.74) is 0.494. The lowest BCUT2D eigenvalue weighted by molar-refractivity contribution is -0.0546. The summed E-state index contributed by atoms with van der Waals surface area (Å²) in [6.45, 7) is 0.502. The first-order valence-corrected chi connectivity index (χ1v) is 9.53. The molecule has 1 saturated carbocycles. The van der Waals surface area contributed by atoms with E-state index in [1.165, 1.54) is 32.1 Å². The van der Waals surface area contributed by atoms with Gasteiger partial charge in [0.15, 0.2) is 17.4 Å². The van der Waals surface area contributed by atoms with E-state index in [2.05, 4.69) is 11.3 Å². The van der Waals surface area contributed by atoms with Crippen LogP contribution in [-0.2, 0) is 6.42 Å². The second-order valence-corrected chi connectivity index (χ2v) is 7.27. The van der Waals surface area contributed by atoms with Crippen molar-refractivity contribution in [2.24, 2.45) is 11.8 Å². The maximum absolute atomic E-state index is 13.8. The van der Waals surface area contributed by atoms with E-state index in [-0.39, 0.29) is 0 Å². The first-order chi connectivity index (χ1) is 12.5. The van der Waals surface area contributed by atoms with Crippen molar-refractivity contribution >= 4 is 0 Å². The molecule has 5 heteroatoms. The zero-order chi connectivity index (χ0) is 18.9. The molecule has 0 heterocycles. The highest BCUT2D eigenvalue weighted by Gasteiger charge is 2.21. The summed E-state index contributed by atoms with van der Waals surface area (Å²) in [6.07, 6.45) is 13.0. The molecule has 0 aromatic heterocycles. The second-order valence-electron chi connectivity index (χ2n) is 7.27. The van der Waals surface area contributed by atoms with Crippen LogP contribution >= 0.6 is 0 Å². The van der Waals surface area contributed by atoms with Gasteiger partial charge in [0.25, 0.3) is 0 Å². The standard InChI is InChI=1S/C21H28F4O/c1-2-3-4-5-6-15-7-9-16(10-8-15)11-12-17-13-18(22)20(19(23)14-17)26-21(24)25/h2,13-16,21H,1,3-12H2/t15-,16-. The summed E-state index contributed by atoms with van der Waals surface area (Å²) in [5, 5.41) is 0. The maximum Gasteiger partial charge on any atom is 0.387 e. The maximum atomic E-state index is 13.8. The fourth-order valence-corrected chi connectivity index (χ4v) is 3.86. The van der Waals surface area contributed by atoms with Crippen LogP contribution in [-0.4, -0.2) is 6.61 Å². The third-order valence-electron chi connectivity index (χ3n) is 5.34. The number of benzene rings is 1. The molecule has 0 bridgehead atoms. The minimum Gasteiger partial charge on any atom is -0.429 e. The van der Waals surface area contributed by atoms with E-state index in [1.54, 1.807) is 0 Å². The van der Waals surface area contributed by atoms with E-state index in [0.29, 0.717) is 17.9 Å². The van der Waals surface area contributed by atoms with Gasteiger partial charge in [0.2, 0.25) is 0 Å². The highest BCUT2D eigenvalue weighted by Crippen LogP contribution is 2.34. The van der Waals surface area contributed by atoms with E-state index >= 15 is 0 Å². The molecule has 1 fully saturated rings. The molecule has 0 atom stereocenters. The Morgan fingerprint density at radius 3 is 2.12 bits per heavy atom. The molecule has 2 rings (SSSR count). The van der Waals surface area contributed by atoms with Crippen LogP contribution in [0.4, 0.5) is 17.6 Å². The predicted octanol–water partition coefficient (Wildman–Crippen LogP) is 7.05. The molecular weight excluding hydrogens is 344 g/mol. The van der Waals surface area contributed by atoms with Gasteiger partial charge < -0.3 is 4.74 Å². The largest absolute Gasteiger partial charge is 0.429 e. The van der Waals surface area contributed by atoms with Crippen LogP contribution in [0.15, 0.2) is 24.8 Å². The van der Waals surface area contributed by atoms with Crippen LogP contribution < -0.4 is 4.74 Å². The van der Waals surface area contributed by atoms with Gasteiger partial charge >= 0.3 is 6.61 Å². The molecule has 0 unspecified atom stereocenters. The van der Waals surface area contributed by atoms with Crippen LogP contribution in [0, 0.1) is 23.5 Å². The Bertz CT molecular complexity index is 542. The number of halogens is 4. The molecule has 0 spiro atoms. The van der Waals surface area contributed by atoms with Gasteiger partial charge in [-0.3, -0.25) is 0 Å². The molecule has 1 aromatic carbocycles. The van der Waals surface area contributed by atoms with Crippen LogP contribution in [0.25, 0.3) is 0 Å². The summed E-state index contributed by atoms with van der Waals surface area (Å²) in [6, 6.07) is 2.21.